The minimum atomic E-state index is -0.740. The Labute approximate surface area is 135 Å². The van der Waals surface area contributed by atoms with E-state index in [4.69, 9.17) is 10.2 Å². The lowest BCUT2D eigenvalue weighted by Gasteiger charge is -1.98. The molecule has 3 aromatic rings. The number of aromatic amines is 1. The van der Waals surface area contributed by atoms with Crippen LogP contribution >= 0.6 is 11.8 Å². The first kappa shape index (κ1) is 15.0. The largest absolute Gasteiger partial charge is 0.468 e. The zero-order valence-electron chi connectivity index (χ0n) is 11.9. The summed E-state index contributed by atoms with van der Waals surface area (Å²) >= 11 is 1.48. The van der Waals surface area contributed by atoms with Gasteiger partial charge in [0.25, 0.3) is 5.78 Å². The van der Waals surface area contributed by atoms with Gasteiger partial charge in [0.2, 0.25) is 11.6 Å². The summed E-state index contributed by atoms with van der Waals surface area (Å²) in [7, 11) is 0. The molecule has 23 heavy (non-hydrogen) atoms. The summed E-state index contributed by atoms with van der Waals surface area (Å²) in [5.74, 6) is -1.09. The van der Waals surface area contributed by atoms with Crippen molar-refractivity contribution in [3.05, 3.63) is 54.5 Å². The van der Waals surface area contributed by atoms with Crippen molar-refractivity contribution in [2.45, 2.75) is 16.2 Å². The number of H-pyrrole nitrogens is 1. The predicted molar refractivity (Wildman–Crippen MR) is 83.1 cm³/mol. The summed E-state index contributed by atoms with van der Waals surface area (Å²) < 4.78 is 5.33. The molecule has 0 amide bonds. The highest BCUT2D eigenvalue weighted by atomic mass is 32.2. The number of furan rings is 1. The quantitative estimate of drug-likeness (QED) is 0.404. The van der Waals surface area contributed by atoms with Gasteiger partial charge in [0.15, 0.2) is 0 Å². The Bertz CT molecular complexity index is 825. The molecule has 2 aromatic heterocycles. The maximum absolute atomic E-state index is 11.9. The second-order valence-corrected chi connectivity index (χ2v) is 5.82. The third-order valence-corrected chi connectivity index (χ3v) is 3.91. The summed E-state index contributed by atoms with van der Waals surface area (Å²) in [5.41, 5.74) is 6.33. The number of benzene rings is 1. The van der Waals surface area contributed by atoms with Crippen LogP contribution in [0, 0.1) is 0 Å². The summed E-state index contributed by atoms with van der Waals surface area (Å²) in [6, 6.07) is 9.13. The molecular formula is C15H12N4O3S. The normalized spacial score (nSPS) is 10.6. The van der Waals surface area contributed by atoms with Crippen molar-refractivity contribution >= 4 is 29.0 Å². The number of nitrogens with one attached hydrogen (secondary N) is 1. The van der Waals surface area contributed by atoms with Crippen molar-refractivity contribution in [3.8, 4) is 0 Å². The molecule has 0 radical (unpaired) electrons. The number of nitrogens with two attached hydrogens (primary N) is 1. The molecule has 0 atom stereocenters. The van der Waals surface area contributed by atoms with Crippen molar-refractivity contribution in [1.29, 1.82) is 0 Å². The van der Waals surface area contributed by atoms with E-state index in [0.29, 0.717) is 11.4 Å². The molecule has 0 saturated carbocycles. The molecule has 2 heterocycles. The fourth-order valence-electron chi connectivity index (χ4n) is 1.86. The number of carbonyl (C=O) groups excluding carboxylic acids is 2. The van der Waals surface area contributed by atoms with E-state index in [-0.39, 0.29) is 12.2 Å². The molecule has 3 N–H and O–H groups in total. The number of rotatable bonds is 6. The van der Waals surface area contributed by atoms with Crippen molar-refractivity contribution in [2.75, 3.05) is 5.73 Å². The average Bonchev–Trinajstić information content (AvgIpc) is 3.21. The van der Waals surface area contributed by atoms with Crippen LogP contribution in [0.15, 0.2) is 57.1 Å². The van der Waals surface area contributed by atoms with Crippen LogP contribution in [0.1, 0.15) is 16.4 Å². The number of nitrogen functional groups attached to an aromatic ring is 1. The Morgan fingerprint density at radius 3 is 2.70 bits per heavy atom. The average molecular weight is 328 g/mol. The summed E-state index contributed by atoms with van der Waals surface area (Å²) in [6.45, 7) is 0. The number of carbonyl (C=O) groups is 2. The van der Waals surface area contributed by atoms with Gasteiger partial charge in [-0.05, 0) is 30.3 Å². The number of ketones is 2. The number of hydrogen-bond acceptors (Lipinski definition) is 7. The topological polar surface area (TPSA) is 115 Å². The number of Topliss-reactive ketones (excluding diaryl/α,β-unsaturated/α-hetero) is 2. The van der Waals surface area contributed by atoms with Crippen LogP contribution in [0.25, 0.3) is 0 Å². The van der Waals surface area contributed by atoms with Crippen molar-refractivity contribution in [1.82, 2.24) is 15.2 Å². The van der Waals surface area contributed by atoms with Crippen LogP contribution in [-0.2, 0) is 11.2 Å². The molecule has 0 unspecified atom stereocenters. The van der Waals surface area contributed by atoms with Crippen LogP contribution < -0.4 is 5.73 Å². The Balaban J connectivity index is 1.64. The Hall–Kier alpha value is -2.87. The smallest absolute Gasteiger partial charge is 0.268 e. The van der Waals surface area contributed by atoms with Crippen LogP contribution in [0.4, 0.5) is 5.69 Å². The summed E-state index contributed by atoms with van der Waals surface area (Å²) in [4.78, 5) is 29.2. The van der Waals surface area contributed by atoms with Crippen molar-refractivity contribution in [2.24, 2.45) is 0 Å². The first-order valence-corrected chi connectivity index (χ1v) is 7.47. The van der Waals surface area contributed by atoms with Gasteiger partial charge in [-0.3, -0.25) is 14.7 Å². The standard InChI is InChI=1S/C15H12N4O3S/c16-9-1-3-11(4-2-9)23-12-5-10(22-7-12)6-13(20)14(21)15-17-8-18-19-15/h1-5,7-8H,6,16H2,(H,17,18,19). The van der Waals surface area contributed by atoms with E-state index in [1.165, 1.54) is 18.1 Å². The SMILES string of the molecule is Nc1ccc(Sc2coc(CC(=O)C(=O)c3nc[nH]n3)c2)cc1. The molecule has 8 heteroatoms. The van der Waals surface area contributed by atoms with Gasteiger partial charge in [-0.15, -0.1) is 5.10 Å². The van der Waals surface area contributed by atoms with Gasteiger partial charge < -0.3 is 10.2 Å². The molecular weight excluding hydrogens is 316 g/mol. The van der Waals surface area contributed by atoms with Crippen molar-refractivity contribution < 1.29 is 14.0 Å². The molecule has 7 nitrogen and oxygen atoms in total. The molecule has 3 rings (SSSR count). The number of hydrogen-bond donors (Lipinski definition) is 2. The van der Waals surface area contributed by atoms with Gasteiger partial charge in [-0.1, -0.05) is 11.8 Å². The van der Waals surface area contributed by atoms with Gasteiger partial charge >= 0.3 is 0 Å². The lowest BCUT2D eigenvalue weighted by atomic mass is 10.1. The Morgan fingerprint density at radius 2 is 2.00 bits per heavy atom. The van der Waals surface area contributed by atoms with E-state index < -0.39 is 11.6 Å². The lowest BCUT2D eigenvalue weighted by Crippen LogP contribution is -2.17. The molecule has 1 aromatic carbocycles. The maximum Gasteiger partial charge on any atom is 0.268 e. The number of nitrogens with zero attached hydrogens (tertiary/aromatic N) is 2. The molecule has 0 spiro atoms. The van der Waals surface area contributed by atoms with Crippen LogP contribution in [-0.4, -0.2) is 26.7 Å². The van der Waals surface area contributed by atoms with Crippen molar-refractivity contribution in [3.63, 3.8) is 0 Å². The monoisotopic (exact) mass is 328 g/mol. The van der Waals surface area contributed by atoms with Gasteiger partial charge in [0.05, 0.1) is 11.3 Å². The van der Waals surface area contributed by atoms with E-state index in [2.05, 4.69) is 15.2 Å². The molecule has 0 saturated heterocycles. The number of anilines is 1. The van der Waals surface area contributed by atoms with Gasteiger partial charge in [-0.2, -0.15) is 0 Å². The third-order valence-electron chi connectivity index (χ3n) is 2.95. The van der Waals surface area contributed by atoms with Gasteiger partial charge in [0.1, 0.15) is 18.4 Å². The van der Waals surface area contributed by atoms with E-state index in [9.17, 15) is 9.59 Å². The Morgan fingerprint density at radius 1 is 1.22 bits per heavy atom. The molecule has 0 bridgehead atoms. The first-order chi connectivity index (χ1) is 11.1. The maximum atomic E-state index is 11.9. The van der Waals surface area contributed by atoms with Crippen LogP contribution in [0.3, 0.4) is 0 Å². The zero-order valence-corrected chi connectivity index (χ0v) is 12.7. The second-order valence-electron chi connectivity index (χ2n) is 4.67. The fourth-order valence-corrected chi connectivity index (χ4v) is 2.69. The molecule has 0 aliphatic heterocycles. The first-order valence-electron chi connectivity index (χ1n) is 6.66. The molecule has 0 aliphatic carbocycles. The molecule has 0 aliphatic rings. The zero-order chi connectivity index (χ0) is 16.2. The second kappa shape index (κ2) is 6.49. The van der Waals surface area contributed by atoms with E-state index >= 15 is 0 Å². The minimum Gasteiger partial charge on any atom is -0.468 e. The van der Waals surface area contributed by atoms with Crippen LogP contribution in [0.2, 0.25) is 0 Å². The minimum absolute atomic E-state index is 0.129. The highest BCUT2D eigenvalue weighted by Gasteiger charge is 2.21. The lowest BCUT2D eigenvalue weighted by molar-refractivity contribution is -0.114. The van der Waals surface area contributed by atoms with E-state index in [0.717, 1.165) is 9.79 Å². The summed E-state index contributed by atoms with van der Waals surface area (Å²) in [6.07, 6.45) is 2.66. The third kappa shape index (κ3) is 3.67. The van der Waals surface area contributed by atoms with Gasteiger partial charge in [-0.25, -0.2) is 4.98 Å². The Kier molecular flexibility index (Phi) is 4.24. The molecule has 0 fully saturated rings. The summed E-state index contributed by atoms with van der Waals surface area (Å²) in [5, 5.41) is 5.99. The predicted octanol–water partition coefficient (Wildman–Crippen LogP) is 2.13. The highest BCUT2D eigenvalue weighted by Crippen LogP contribution is 2.29. The van der Waals surface area contributed by atoms with E-state index in [1.54, 1.807) is 12.3 Å². The van der Waals surface area contributed by atoms with E-state index in [1.807, 2.05) is 24.3 Å². The van der Waals surface area contributed by atoms with Crippen LogP contribution in [0.5, 0.6) is 0 Å². The fraction of sp³-hybridized carbons (Fsp3) is 0.0667. The highest BCUT2D eigenvalue weighted by molar-refractivity contribution is 7.99. The van der Waals surface area contributed by atoms with Gasteiger partial charge in [0, 0.05) is 10.6 Å². The number of aromatic nitrogens is 3. The molecule has 116 valence electrons.